The van der Waals surface area contributed by atoms with Gasteiger partial charge in [-0.05, 0) is 13.8 Å². The molecule has 0 radical (unpaired) electrons. The van der Waals surface area contributed by atoms with Crippen molar-refractivity contribution in [1.82, 2.24) is 28.0 Å². The van der Waals surface area contributed by atoms with Crippen LogP contribution in [0.5, 0.6) is 0 Å². The highest BCUT2D eigenvalue weighted by Crippen LogP contribution is 2.65. The van der Waals surface area contributed by atoms with Crippen LogP contribution < -0.4 is 0 Å². The van der Waals surface area contributed by atoms with E-state index in [1.165, 1.54) is 0 Å². The van der Waals surface area contributed by atoms with Crippen LogP contribution in [-0.4, -0.2) is 143 Å². The van der Waals surface area contributed by atoms with E-state index in [2.05, 4.69) is 113 Å². The Hall–Kier alpha value is 0.410. The maximum absolute atomic E-state index is 8.52. The average molecular weight is 513 g/mol. The van der Waals surface area contributed by atoms with E-state index in [-0.39, 0.29) is 0 Å². The van der Waals surface area contributed by atoms with Crippen molar-refractivity contribution >= 4 is 26.3 Å². The quantitative estimate of drug-likeness (QED) is 0.239. The lowest BCUT2D eigenvalue weighted by Crippen LogP contribution is -2.37. The van der Waals surface area contributed by atoms with Crippen molar-refractivity contribution in [3.63, 3.8) is 0 Å². The lowest BCUT2D eigenvalue weighted by Gasteiger charge is -2.36. The predicted octanol–water partition coefficient (Wildman–Crippen LogP) is 1.43. The molecule has 0 aliphatic heterocycles. The Morgan fingerprint density at radius 1 is 0.548 bits per heavy atom. The highest BCUT2D eigenvalue weighted by atomic mass is 32.3. The molecule has 0 heterocycles. The molecule has 0 saturated heterocycles. The summed E-state index contributed by atoms with van der Waals surface area (Å²) in [6.45, 7) is 5.54. The molecule has 12 nitrogen and oxygen atoms in total. The van der Waals surface area contributed by atoms with Crippen LogP contribution in [0.4, 0.5) is 0 Å². The van der Waals surface area contributed by atoms with Crippen molar-refractivity contribution in [2.75, 3.05) is 97.8 Å². The van der Waals surface area contributed by atoms with E-state index >= 15 is 0 Å². The molecule has 0 unspecified atom stereocenters. The van der Waals surface area contributed by atoms with Gasteiger partial charge in [-0.1, -0.05) is 0 Å². The van der Waals surface area contributed by atoms with Gasteiger partial charge < -0.3 is 9.11 Å². The first-order chi connectivity index (χ1) is 13.8. The second-order valence-corrected chi connectivity index (χ2v) is 15.5. The number of nitrogens with zero attached hydrogens (tertiary/aromatic N) is 6. The zero-order chi connectivity index (χ0) is 25.8. The summed E-state index contributed by atoms with van der Waals surface area (Å²) >= 11 is 0. The molecule has 0 atom stereocenters. The predicted molar refractivity (Wildman–Crippen MR) is 130 cm³/mol. The summed E-state index contributed by atoms with van der Waals surface area (Å²) in [6.07, 6.45) is 0. The fourth-order valence-electron chi connectivity index (χ4n) is 3.19. The molecule has 0 saturated carbocycles. The van der Waals surface area contributed by atoms with Crippen molar-refractivity contribution in [2.45, 2.75) is 13.8 Å². The van der Waals surface area contributed by atoms with Gasteiger partial charge in [0.1, 0.15) is 0 Å². The number of hydrogen-bond acceptors (Lipinski definition) is 12. The zero-order valence-electron chi connectivity index (χ0n) is 21.8. The highest BCUT2D eigenvalue weighted by molar-refractivity contribution is 7.79. The van der Waals surface area contributed by atoms with Crippen LogP contribution >= 0.6 is 15.9 Å². The van der Waals surface area contributed by atoms with Crippen LogP contribution in [0, 0.1) is 0 Å². The third kappa shape index (κ3) is 12.4. The molecule has 31 heavy (non-hydrogen) atoms. The molecule has 0 aliphatic carbocycles. The summed E-state index contributed by atoms with van der Waals surface area (Å²) in [7, 11) is 16.1. The van der Waals surface area contributed by atoms with Crippen molar-refractivity contribution in [1.29, 1.82) is 0 Å². The molecule has 15 heteroatoms. The second-order valence-electron chi connectivity index (χ2n) is 7.35. The fourth-order valence-corrected chi connectivity index (χ4v) is 9.56. The Kier molecular flexibility index (Phi) is 18.7. The molecule has 0 rings (SSSR count). The third-order valence-electron chi connectivity index (χ3n) is 3.73. The SMILES string of the molecule is CCO[P+](N(C)C)(N(C)C)N(C)C.CCO[P+](N(C)C)(N(C)C)N(C)C.O=S(=O)([O-])[O-]. The van der Waals surface area contributed by atoms with Crippen LogP contribution in [0.1, 0.15) is 13.8 Å². The van der Waals surface area contributed by atoms with E-state index in [0.29, 0.717) is 0 Å². The second kappa shape index (κ2) is 16.1. The molecule has 192 valence electrons. The molecule has 0 aromatic carbocycles. The first kappa shape index (κ1) is 36.0. The van der Waals surface area contributed by atoms with Gasteiger partial charge in [0.05, 0.1) is 13.2 Å². The third-order valence-corrected chi connectivity index (χ3v) is 11.2. The molecule has 0 fully saturated rings. The monoisotopic (exact) mass is 512 g/mol. The van der Waals surface area contributed by atoms with Crippen molar-refractivity contribution < 1.29 is 26.6 Å². The topological polar surface area (TPSA) is 118 Å². The van der Waals surface area contributed by atoms with E-state index < -0.39 is 26.3 Å². The van der Waals surface area contributed by atoms with Gasteiger partial charge in [-0.3, -0.25) is 8.42 Å². The number of rotatable bonds is 10. The maximum atomic E-state index is 8.52. The zero-order valence-corrected chi connectivity index (χ0v) is 24.5. The minimum atomic E-state index is -5.17. The molecular weight excluding hydrogens is 466 g/mol. The Morgan fingerprint density at radius 3 is 0.710 bits per heavy atom. The Balaban J connectivity index is -0.000000416. The van der Waals surface area contributed by atoms with E-state index in [1.54, 1.807) is 0 Å². The van der Waals surface area contributed by atoms with Gasteiger partial charge in [0, 0.05) is 95.0 Å². The van der Waals surface area contributed by atoms with Gasteiger partial charge in [0.2, 0.25) is 0 Å². The Morgan fingerprint density at radius 2 is 0.677 bits per heavy atom. The van der Waals surface area contributed by atoms with Gasteiger partial charge in [-0.25, -0.2) is 0 Å². The lowest BCUT2D eigenvalue weighted by atomic mass is 10.9. The summed E-state index contributed by atoms with van der Waals surface area (Å²) < 4.78 is 58.9. The Labute approximate surface area is 192 Å². The van der Waals surface area contributed by atoms with E-state index in [9.17, 15) is 0 Å². The van der Waals surface area contributed by atoms with Gasteiger partial charge in [0.15, 0.2) is 0 Å². The normalized spacial score (nSPS) is 13.1. The molecule has 0 aromatic rings. The van der Waals surface area contributed by atoms with Gasteiger partial charge in [-0.15, -0.1) is 28.0 Å². The van der Waals surface area contributed by atoms with Gasteiger partial charge in [0.25, 0.3) is 0 Å². The Bertz CT molecular complexity index is 479. The highest BCUT2D eigenvalue weighted by Gasteiger charge is 2.50. The maximum Gasteiger partial charge on any atom is 0.369 e. The smallest absolute Gasteiger partial charge is 0.369 e. The molecule has 0 spiro atoms. The minimum Gasteiger partial charge on any atom is -0.759 e. The number of hydrogen-bond donors (Lipinski definition) is 0. The van der Waals surface area contributed by atoms with Crippen LogP contribution in [0.15, 0.2) is 0 Å². The molecule has 0 amide bonds. The van der Waals surface area contributed by atoms with Crippen molar-refractivity contribution in [2.24, 2.45) is 0 Å². The summed E-state index contributed by atoms with van der Waals surface area (Å²) in [5.41, 5.74) is 0. The standard InChI is InChI=1S/2C8H23N3OP.H2O4S/c2*1-8-12-13(9(2)3,10(4)5)11(6)7;1-5(2,3)4/h2*8H2,1-7H3;(H2,1,2,3,4)/q2*+1;/p-2. The van der Waals surface area contributed by atoms with Crippen LogP contribution in [-0.2, 0) is 19.4 Å². The van der Waals surface area contributed by atoms with E-state index in [0.717, 1.165) is 13.2 Å². The first-order valence-electron chi connectivity index (χ1n) is 9.59. The van der Waals surface area contributed by atoms with Gasteiger partial charge >= 0.3 is 15.9 Å². The molecule has 0 N–H and O–H groups in total. The summed E-state index contributed by atoms with van der Waals surface area (Å²) in [5, 5.41) is 0. The van der Waals surface area contributed by atoms with Gasteiger partial charge in [-0.2, -0.15) is 9.05 Å². The van der Waals surface area contributed by atoms with Crippen LogP contribution in [0.2, 0.25) is 0 Å². The van der Waals surface area contributed by atoms with E-state index in [1.807, 2.05) is 13.8 Å². The molecule has 0 aliphatic rings. The first-order valence-corrected chi connectivity index (χ1v) is 14.1. The largest absolute Gasteiger partial charge is 0.759 e. The summed E-state index contributed by atoms with van der Waals surface area (Å²) in [6, 6.07) is 0. The van der Waals surface area contributed by atoms with Crippen molar-refractivity contribution in [3.05, 3.63) is 0 Å². The lowest BCUT2D eigenvalue weighted by molar-refractivity contribution is 0.251. The fraction of sp³-hybridized carbons (Fsp3) is 1.00. The van der Waals surface area contributed by atoms with Crippen LogP contribution in [0.25, 0.3) is 0 Å². The average Bonchev–Trinajstić information content (AvgIpc) is 2.54. The summed E-state index contributed by atoms with van der Waals surface area (Å²) in [5.74, 6) is 0. The molecule has 0 bridgehead atoms. The molecular formula is C16H46N6O6P2S. The molecule has 0 aromatic heterocycles. The summed E-state index contributed by atoms with van der Waals surface area (Å²) in [4.78, 5) is 0. The minimum absolute atomic E-state index is 0.738. The van der Waals surface area contributed by atoms with E-state index in [4.69, 9.17) is 26.6 Å². The van der Waals surface area contributed by atoms with Crippen LogP contribution in [0.3, 0.4) is 0 Å². The van der Waals surface area contributed by atoms with Crippen molar-refractivity contribution in [3.8, 4) is 0 Å².